The van der Waals surface area contributed by atoms with Crippen molar-refractivity contribution < 1.29 is 19.4 Å². The first-order valence-electron chi connectivity index (χ1n) is 5.58. The van der Waals surface area contributed by atoms with Crippen molar-refractivity contribution in [1.82, 2.24) is 14.9 Å². The molecule has 1 aromatic heterocycles. The molecule has 0 radical (unpaired) electrons. The van der Waals surface area contributed by atoms with Crippen LogP contribution in [0.2, 0.25) is 0 Å². The number of carboxylic acid groups (broad SMARTS) is 1. The Labute approximate surface area is 114 Å². The molecule has 0 bridgehead atoms. The van der Waals surface area contributed by atoms with E-state index < -0.39 is 12.6 Å². The molecule has 0 saturated heterocycles. The van der Waals surface area contributed by atoms with Gasteiger partial charge in [-0.2, -0.15) is 5.10 Å². The van der Waals surface area contributed by atoms with Gasteiger partial charge in [0.1, 0.15) is 19.3 Å². The zero-order valence-corrected chi connectivity index (χ0v) is 10.6. The fraction of sp³-hybridized carbons (Fsp3) is 0.167. The van der Waals surface area contributed by atoms with Crippen LogP contribution in [0, 0.1) is 0 Å². The van der Waals surface area contributed by atoms with Gasteiger partial charge in [0.15, 0.2) is 11.5 Å². The number of rotatable bonds is 6. The summed E-state index contributed by atoms with van der Waals surface area (Å²) in [4.78, 5) is 10.4. The molecule has 0 unspecified atom stereocenters. The van der Waals surface area contributed by atoms with Crippen LogP contribution in [0.5, 0.6) is 11.5 Å². The third kappa shape index (κ3) is 3.55. The number of hydrogen-bond donors (Lipinski definition) is 0. The highest BCUT2D eigenvalue weighted by Crippen LogP contribution is 2.27. The summed E-state index contributed by atoms with van der Waals surface area (Å²) in [5.41, 5.74) is 0.747. The minimum absolute atomic E-state index is 0.318. The maximum atomic E-state index is 10.4. The van der Waals surface area contributed by atoms with Crippen molar-refractivity contribution in [3.63, 3.8) is 0 Å². The second-order valence-electron chi connectivity index (χ2n) is 3.66. The molecule has 0 saturated carbocycles. The van der Waals surface area contributed by atoms with E-state index in [1.807, 2.05) is 0 Å². The Morgan fingerprint density at radius 2 is 2.15 bits per heavy atom. The quantitative estimate of drug-likeness (QED) is 0.646. The number of carboxylic acids is 1. The van der Waals surface area contributed by atoms with Gasteiger partial charge in [0.25, 0.3) is 0 Å². The molecule has 104 valence electrons. The van der Waals surface area contributed by atoms with Gasteiger partial charge in [0.05, 0.1) is 19.3 Å². The van der Waals surface area contributed by atoms with Crippen molar-refractivity contribution in [3.05, 3.63) is 36.4 Å². The van der Waals surface area contributed by atoms with Gasteiger partial charge in [-0.3, -0.25) is 0 Å². The van der Waals surface area contributed by atoms with Crippen LogP contribution in [-0.4, -0.2) is 40.8 Å². The van der Waals surface area contributed by atoms with Crippen LogP contribution in [0.15, 0.2) is 36.0 Å². The summed E-state index contributed by atoms with van der Waals surface area (Å²) in [6.45, 7) is -0.537. The van der Waals surface area contributed by atoms with Gasteiger partial charge in [0.2, 0.25) is 0 Å². The maximum Gasteiger partial charge on any atom is 0.161 e. The summed E-state index contributed by atoms with van der Waals surface area (Å²) in [6, 6.07) is 4.97. The van der Waals surface area contributed by atoms with Gasteiger partial charge in [-0.1, -0.05) is 0 Å². The molecule has 8 heteroatoms. The Balaban J connectivity index is 2.14. The standard InChI is InChI=1S/C12H12N4O4/c1-19-11-4-9(5-15-16-7-13-14-8-16)2-3-10(11)20-6-12(17)18/h2-5,7-8H,6H2,1H3,(H,17,18)/p-1/b15-5-. The van der Waals surface area contributed by atoms with Gasteiger partial charge in [0, 0.05) is 0 Å². The smallest absolute Gasteiger partial charge is 0.161 e. The third-order valence-corrected chi connectivity index (χ3v) is 2.28. The minimum atomic E-state index is -1.30. The molecule has 2 aromatic rings. The molecule has 20 heavy (non-hydrogen) atoms. The van der Waals surface area contributed by atoms with Gasteiger partial charge in [-0.25, -0.2) is 4.68 Å². The van der Waals surface area contributed by atoms with E-state index in [-0.39, 0.29) is 0 Å². The van der Waals surface area contributed by atoms with E-state index in [0.717, 1.165) is 5.56 Å². The Hall–Kier alpha value is -2.90. The summed E-state index contributed by atoms with van der Waals surface area (Å²) in [6.07, 6.45) is 4.48. The first-order valence-corrected chi connectivity index (χ1v) is 5.58. The number of aromatic nitrogens is 3. The zero-order valence-electron chi connectivity index (χ0n) is 10.6. The van der Waals surface area contributed by atoms with Crippen molar-refractivity contribution in [2.24, 2.45) is 5.10 Å². The van der Waals surface area contributed by atoms with E-state index in [4.69, 9.17) is 9.47 Å². The number of ether oxygens (including phenoxy) is 2. The van der Waals surface area contributed by atoms with E-state index in [2.05, 4.69) is 15.3 Å². The molecule has 1 heterocycles. The Morgan fingerprint density at radius 1 is 1.40 bits per heavy atom. The number of benzene rings is 1. The average Bonchev–Trinajstić information content (AvgIpc) is 2.96. The predicted octanol–water partition coefficient (Wildman–Crippen LogP) is -0.702. The number of nitrogens with zero attached hydrogens (tertiary/aromatic N) is 4. The zero-order chi connectivity index (χ0) is 14.4. The molecular formula is C12H11N4O4-. The molecule has 2 rings (SSSR count). The van der Waals surface area contributed by atoms with E-state index in [0.29, 0.717) is 11.5 Å². The van der Waals surface area contributed by atoms with E-state index in [9.17, 15) is 9.90 Å². The molecule has 0 spiro atoms. The van der Waals surface area contributed by atoms with Crippen molar-refractivity contribution in [1.29, 1.82) is 0 Å². The van der Waals surface area contributed by atoms with Crippen LogP contribution in [-0.2, 0) is 4.79 Å². The van der Waals surface area contributed by atoms with Crippen LogP contribution < -0.4 is 14.6 Å². The molecule has 0 aliphatic heterocycles. The summed E-state index contributed by atoms with van der Waals surface area (Å²) in [5, 5.41) is 21.7. The number of carbonyl (C=O) groups is 1. The highest BCUT2D eigenvalue weighted by molar-refractivity contribution is 5.80. The highest BCUT2D eigenvalue weighted by atomic mass is 16.5. The lowest BCUT2D eigenvalue weighted by Gasteiger charge is -2.11. The predicted molar refractivity (Wildman–Crippen MR) is 66.5 cm³/mol. The Morgan fingerprint density at radius 3 is 2.80 bits per heavy atom. The van der Waals surface area contributed by atoms with Gasteiger partial charge >= 0.3 is 0 Å². The maximum absolute atomic E-state index is 10.4. The number of hydrogen-bond acceptors (Lipinski definition) is 7. The lowest BCUT2D eigenvalue weighted by atomic mass is 10.2. The fourth-order valence-corrected chi connectivity index (χ4v) is 1.41. The molecule has 0 N–H and O–H groups in total. The van der Waals surface area contributed by atoms with Crippen LogP contribution in [0.1, 0.15) is 5.56 Å². The lowest BCUT2D eigenvalue weighted by molar-refractivity contribution is -0.307. The molecule has 8 nitrogen and oxygen atoms in total. The lowest BCUT2D eigenvalue weighted by Crippen LogP contribution is -2.29. The second-order valence-corrected chi connectivity index (χ2v) is 3.66. The number of aliphatic carboxylic acids is 1. The Bertz CT molecular complexity index is 610. The van der Waals surface area contributed by atoms with E-state index in [1.54, 1.807) is 24.4 Å². The summed E-state index contributed by atoms with van der Waals surface area (Å²) in [7, 11) is 1.46. The Kier molecular flexibility index (Phi) is 4.28. The van der Waals surface area contributed by atoms with Crippen LogP contribution in [0.25, 0.3) is 0 Å². The molecule has 1 aromatic carbocycles. The fourth-order valence-electron chi connectivity index (χ4n) is 1.41. The third-order valence-electron chi connectivity index (χ3n) is 2.28. The SMILES string of the molecule is COc1cc(/C=N\n2cnnc2)ccc1OCC(=O)[O-]. The van der Waals surface area contributed by atoms with Gasteiger partial charge in [-0.05, 0) is 23.8 Å². The van der Waals surface area contributed by atoms with E-state index >= 15 is 0 Å². The second kappa shape index (κ2) is 6.32. The van der Waals surface area contributed by atoms with Crippen molar-refractivity contribution in [2.45, 2.75) is 0 Å². The first-order chi connectivity index (χ1) is 9.69. The van der Waals surface area contributed by atoms with Gasteiger partial charge in [-0.15, -0.1) is 10.2 Å². The average molecular weight is 275 g/mol. The molecule has 0 amide bonds. The van der Waals surface area contributed by atoms with Crippen molar-refractivity contribution in [2.75, 3.05) is 13.7 Å². The van der Waals surface area contributed by atoms with Crippen LogP contribution in [0.3, 0.4) is 0 Å². The van der Waals surface area contributed by atoms with Crippen molar-refractivity contribution in [3.8, 4) is 11.5 Å². The highest BCUT2D eigenvalue weighted by Gasteiger charge is 2.05. The summed E-state index contributed by atoms with van der Waals surface area (Å²) in [5.74, 6) is -0.581. The number of methoxy groups -OCH3 is 1. The topological polar surface area (TPSA) is 102 Å². The number of carbonyl (C=O) groups excluding carboxylic acids is 1. The molecule has 0 aliphatic carbocycles. The molecular weight excluding hydrogens is 264 g/mol. The first kappa shape index (κ1) is 13.5. The molecule has 0 fully saturated rings. The largest absolute Gasteiger partial charge is 0.546 e. The summed E-state index contributed by atoms with van der Waals surface area (Å²) < 4.78 is 11.6. The minimum Gasteiger partial charge on any atom is -0.546 e. The monoisotopic (exact) mass is 275 g/mol. The summed E-state index contributed by atoms with van der Waals surface area (Å²) >= 11 is 0. The normalized spacial score (nSPS) is 10.7. The van der Waals surface area contributed by atoms with E-state index in [1.165, 1.54) is 24.4 Å². The molecule has 0 aliphatic rings. The van der Waals surface area contributed by atoms with Gasteiger partial charge < -0.3 is 19.4 Å². The van der Waals surface area contributed by atoms with Crippen molar-refractivity contribution >= 4 is 12.2 Å². The van der Waals surface area contributed by atoms with Crippen LogP contribution in [0.4, 0.5) is 0 Å². The molecule has 0 atom stereocenters. The van der Waals surface area contributed by atoms with Crippen LogP contribution >= 0.6 is 0 Å².